The molecule has 8 heteroatoms. The summed E-state index contributed by atoms with van der Waals surface area (Å²) in [4.78, 5) is 0. The second-order valence-electron chi connectivity index (χ2n) is 9.56. The average molecular weight is 718 g/mol. The number of nitrogens with one attached hydrogen (secondary N) is 1. The molecule has 1 aromatic rings. The van der Waals surface area contributed by atoms with Gasteiger partial charge in [0.15, 0.2) is 0 Å². The van der Waals surface area contributed by atoms with Crippen molar-refractivity contribution in [3.05, 3.63) is 35.9 Å². The van der Waals surface area contributed by atoms with Crippen LogP contribution in [0.25, 0.3) is 0 Å². The van der Waals surface area contributed by atoms with E-state index < -0.39 is 17.5 Å². The molecule has 3 nitrogen and oxygen atoms in total. The van der Waals surface area contributed by atoms with E-state index in [9.17, 15) is 0 Å². The van der Waals surface area contributed by atoms with Crippen LogP contribution in [0.2, 0.25) is 19.6 Å². The van der Waals surface area contributed by atoms with E-state index >= 15 is 0 Å². The summed E-state index contributed by atoms with van der Waals surface area (Å²) in [6.45, 7) is 21.3. The van der Waals surface area contributed by atoms with E-state index in [0.29, 0.717) is 6.17 Å². The molecular formula is C18H36Br2N3PbSi2. The quantitative estimate of drug-likeness (QED) is 0.373. The molecule has 1 N–H and O–H groups in total. The fourth-order valence-electron chi connectivity index (χ4n) is 3.16. The van der Waals surface area contributed by atoms with Crippen molar-refractivity contribution < 1.29 is 35.4 Å². The molecule has 1 heterocycles. The molecule has 1 aliphatic heterocycles. The summed E-state index contributed by atoms with van der Waals surface area (Å²) >= 11 is 0. The molecule has 2 rings (SSSR count). The van der Waals surface area contributed by atoms with Crippen molar-refractivity contribution in [3.63, 3.8) is 0 Å². The Morgan fingerprint density at radius 1 is 0.885 bits per heavy atom. The Hall–Kier alpha value is 1.42. The maximum Gasteiger partial charge on any atom is 2.00 e. The van der Waals surface area contributed by atoms with Crippen LogP contribution in [0.4, 0.5) is 0 Å². The van der Waals surface area contributed by atoms with Crippen molar-refractivity contribution in [2.75, 3.05) is 0 Å². The summed E-state index contributed by atoms with van der Waals surface area (Å²) in [7, 11) is -2.26. The van der Waals surface area contributed by atoms with Crippen LogP contribution in [-0.4, -0.2) is 65.0 Å². The number of rotatable bonds is 3. The summed E-state index contributed by atoms with van der Waals surface area (Å²) in [5, 5.41) is 0. The van der Waals surface area contributed by atoms with Gasteiger partial charge in [-0.1, -0.05) is 50.0 Å². The van der Waals surface area contributed by atoms with Gasteiger partial charge in [0.25, 0.3) is 0 Å². The molecule has 1 aromatic carbocycles. The van der Waals surface area contributed by atoms with Gasteiger partial charge >= 0.3 is 36.6 Å². The van der Waals surface area contributed by atoms with Gasteiger partial charge in [-0.2, -0.15) is 0 Å². The predicted molar refractivity (Wildman–Crippen MR) is 112 cm³/mol. The molecule has 3 radical (unpaired) electrons. The van der Waals surface area contributed by atoms with Gasteiger partial charge in [0.1, 0.15) is 8.24 Å². The first-order valence-corrected chi connectivity index (χ1v) is 13.5. The van der Waals surface area contributed by atoms with Gasteiger partial charge in [0.2, 0.25) is 0 Å². The summed E-state index contributed by atoms with van der Waals surface area (Å²) in [6, 6.07) is 11.0. The van der Waals surface area contributed by atoms with E-state index in [1.165, 1.54) is 5.56 Å². The summed E-state index contributed by atoms with van der Waals surface area (Å²) in [6.07, 6.45) is 0.369. The Kier molecular flexibility index (Phi) is 11.9. The molecule has 149 valence electrons. The Balaban J connectivity index is -0.00000144. The van der Waals surface area contributed by atoms with Crippen molar-refractivity contribution in [2.24, 2.45) is 0 Å². The van der Waals surface area contributed by atoms with Gasteiger partial charge in [-0.05, 0) is 47.1 Å². The Morgan fingerprint density at radius 2 is 1.27 bits per heavy atom. The molecular weight excluding hydrogens is 681 g/mol. The molecule has 1 saturated heterocycles. The van der Waals surface area contributed by atoms with E-state index in [4.69, 9.17) is 0 Å². The van der Waals surface area contributed by atoms with E-state index in [1.54, 1.807) is 0 Å². The van der Waals surface area contributed by atoms with E-state index in [2.05, 4.69) is 105 Å². The second-order valence-corrected chi connectivity index (χ2v) is 16.7. The average Bonchev–Trinajstić information content (AvgIpc) is 2.30. The summed E-state index contributed by atoms with van der Waals surface area (Å²) in [5.41, 5.74) is 1.72. The molecule has 0 bridgehead atoms. The van der Waals surface area contributed by atoms with Crippen molar-refractivity contribution >= 4 is 44.8 Å². The van der Waals surface area contributed by atoms with Crippen LogP contribution >= 0.6 is 0 Å². The largest absolute Gasteiger partial charge is 2.00 e. The Morgan fingerprint density at radius 3 is 1.58 bits per heavy atom. The third-order valence-corrected chi connectivity index (χ3v) is 10.6. The summed E-state index contributed by atoms with van der Waals surface area (Å²) in [5.74, 6) is 0. The molecule has 1 fully saturated rings. The van der Waals surface area contributed by atoms with Crippen LogP contribution in [0.3, 0.4) is 0 Å². The Labute approximate surface area is 206 Å². The van der Waals surface area contributed by atoms with Crippen molar-refractivity contribution in [3.8, 4) is 0 Å². The van der Waals surface area contributed by atoms with Gasteiger partial charge in [-0.25, -0.2) is 0 Å². The summed E-state index contributed by atoms with van der Waals surface area (Å²) < 4.78 is 9.53. The monoisotopic (exact) mass is 716 g/mol. The fraction of sp³-hybridized carbons (Fsp3) is 0.667. The second kappa shape index (κ2) is 10.4. The van der Waals surface area contributed by atoms with Crippen molar-refractivity contribution in [1.82, 2.24) is 13.8 Å². The molecule has 0 saturated carbocycles. The molecule has 0 amide bonds. The third-order valence-electron chi connectivity index (χ3n) is 3.98. The van der Waals surface area contributed by atoms with E-state index in [1.807, 2.05) is 0 Å². The normalized spacial score (nSPS) is 17.6. The van der Waals surface area contributed by atoms with Crippen LogP contribution in [0.5, 0.6) is 0 Å². The molecule has 26 heavy (non-hydrogen) atoms. The maximum atomic E-state index is 4.06. The molecule has 0 atom stereocenters. The minimum atomic E-state index is -1.35. The molecule has 0 unspecified atom stereocenters. The zero-order valence-electron chi connectivity index (χ0n) is 17.6. The van der Waals surface area contributed by atoms with Crippen LogP contribution < -0.4 is 38.6 Å². The topological polar surface area (TPSA) is 18.5 Å². The third kappa shape index (κ3) is 7.03. The van der Waals surface area contributed by atoms with Crippen LogP contribution in [0.1, 0.15) is 54.7 Å². The van der Waals surface area contributed by atoms with Crippen molar-refractivity contribution in [1.29, 1.82) is 0 Å². The molecule has 0 spiro atoms. The molecule has 0 aromatic heterocycles. The van der Waals surface area contributed by atoms with Gasteiger partial charge in [-0.3, -0.25) is 9.13 Å². The zero-order chi connectivity index (χ0) is 17.6. The van der Waals surface area contributed by atoms with E-state index in [-0.39, 0.29) is 73.8 Å². The number of hydrogen-bond acceptors (Lipinski definition) is 3. The van der Waals surface area contributed by atoms with Crippen LogP contribution in [0, 0.1) is 0 Å². The van der Waals surface area contributed by atoms with Gasteiger partial charge in [-0.15, -0.1) is 0 Å². The number of benzene rings is 1. The van der Waals surface area contributed by atoms with Crippen LogP contribution in [0.15, 0.2) is 30.3 Å². The number of nitrogens with zero attached hydrogens (tertiary/aromatic N) is 2. The number of halogens is 2. The zero-order valence-corrected chi connectivity index (χ0v) is 26.7. The molecule has 1 aliphatic rings. The van der Waals surface area contributed by atoms with Crippen LogP contribution in [-0.2, 0) is 0 Å². The first-order valence-electron chi connectivity index (χ1n) is 8.61. The smallest absolute Gasteiger partial charge is 1.00 e. The number of hydrogen-bond donors (Lipinski definition) is 1. The predicted octanol–water partition coefficient (Wildman–Crippen LogP) is -1.82. The maximum absolute atomic E-state index is 4.06. The molecule has 0 aliphatic carbocycles. The van der Waals surface area contributed by atoms with Gasteiger partial charge in [0.05, 0.1) is 6.17 Å². The van der Waals surface area contributed by atoms with E-state index in [0.717, 1.165) is 0 Å². The fourth-order valence-corrected chi connectivity index (χ4v) is 9.13. The minimum absolute atomic E-state index is 0. The standard InChI is InChI=1S/C18H34N3Si2.2BrH.Pb.H2/c1-17(2,3)20-16(15-13-11-10-12-14-15)21(18(4,5)6)22(20)19-23(7,8)9;;;;/h10-14,16,19H,1-9H3;2*1H;;1H/q;;;+2;/p-2. The van der Waals surface area contributed by atoms with Gasteiger partial charge < -0.3 is 38.6 Å². The first-order chi connectivity index (χ1) is 10.3. The minimum Gasteiger partial charge on any atom is -1.00 e. The van der Waals surface area contributed by atoms with Gasteiger partial charge in [0, 0.05) is 12.5 Å². The first kappa shape index (κ1) is 29.6. The Bertz CT molecular complexity index is 526. The SMILES string of the molecule is CC(C)(C)N1C(c2ccccc2)N(C(C)(C)C)[Si]1N[Si](C)(C)C.[Br-].[Br-].[HH].[Pb+2]. The van der Waals surface area contributed by atoms with Crippen molar-refractivity contribution in [2.45, 2.75) is 78.4 Å².